The lowest BCUT2D eigenvalue weighted by atomic mass is 9.91. The normalized spacial score (nSPS) is 23.3. The molecule has 1 fully saturated rings. The molecule has 0 spiro atoms. The molecule has 11 heteroatoms. The molecule has 11 nitrogen and oxygen atoms in total. The Morgan fingerprint density at radius 3 is 2.24 bits per heavy atom. The molecule has 1 aliphatic heterocycles. The molecule has 1 saturated carbocycles. The van der Waals surface area contributed by atoms with E-state index >= 15 is 0 Å². The number of nitrogens with zero attached hydrogens (tertiary/aromatic N) is 1. The van der Waals surface area contributed by atoms with E-state index in [-0.39, 0.29) is 6.42 Å². The number of carbonyl (C=O) groups is 4. The molecule has 208 valence electrons. The highest BCUT2D eigenvalue weighted by Gasteiger charge is 2.54. The van der Waals surface area contributed by atoms with Gasteiger partial charge in [0.1, 0.15) is 29.8 Å². The van der Waals surface area contributed by atoms with Crippen molar-refractivity contribution in [2.24, 2.45) is 11.1 Å². The van der Waals surface area contributed by atoms with Crippen LogP contribution in [0.25, 0.3) is 0 Å². The van der Waals surface area contributed by atoms with Crippen LogP contribution in [0, 0.1) is 5.92 Å². The van der Waals surface area contributed by atoms with Crippen molar-refractivity contribution in [3.63, 3.8) is 0 Å². The highest BCUT2D eigenvalue weighted by Crippen LogP contribution is 2.38. The lowest BCUT2D eigenvalue weighted by molar-refractivity contribution is -0.166. The Morgan fingerprint density at radius 2 is 1.63 bits per heavy atom. The molecule has 2 N–H and O–H groups in total. The lowest BCUT2D eigenvalue weighted by Crippen LogP contribution is -2.51. The van der Waals surface area contributed by atoms with Crippen molar-refractivity contribution in [2.45, 2.75) is 96.8 Å². The quantitative estimate of drug-likeness (QED) is 0.311. The first-order valence-corrected chi connectivity index (χ1v) is 12.6. The monoisotopic (exact) mass is 531 g/mol. The van der Waals surface area contributed by atoms with Crippen molar-refractivity contribution in [3.05, 3.63) is 35.9 Å². The summed E-state index contributed by atoms with van der Waals surface area (Å²) < 4.78 is 16.0. The van der Waals surface area contributed by atoms with E-state index in [0.29, 0.717) is 5.71 Å². The van der Waals surface area contributed by atoms with Crippen LogP contribution in [0.2, 0.25) is 0 Å². The molecule has 2 amide bonds. The zero-order valence-electron chi connectivity index (χ0n) is 22.9. The Kier molecular flexibility index (Phi) is 8.68. The molecule has 38 heavy (non-hydrogen) atoms. The maximum Gasteiger partial charge on any atom is 0.408 e. The summed E-state index contributed by atoms with van der Waals surface area (Å²) in [6.07, 6.45) is -2.46. The second kappa shape index (κ2) is 11.4. The largest absolute Gasteiger partial charge is 0.460 e. The number of hydrogen-bond donors (Lipinski definition) is 2. The van der Waals surface area contributed by atoms with E-state index in [0.717, 1.165) is 5.56 Å². The van der Waals surface area contributed by atoms with Crippen molar-refractivity contribution in [2.75, 3.05) is 0 Å². The Bertz CT molecular complexity index is 1070. The molecule has 1 aliphatic carbocycles. The number of ether oxygens (including phenoxy) is 3. The maximum atomic E-state index is 13.0. The number of alkyl carbamates (subject to hydrolysis) is 1. The zero-order valence-corrected chi connectivity index (χ0v) is 22.9. The van der Waals surface area contributed by atoms with E-state index in [1.54, 1.807) is 48.5 Å². The second-order valence-corrected chi connectivity index (χ2v) is 11.4. The van der Waals surface area contributed by atoms with Crippen molar-refractivity contribution < 1.29 is 38.2 Å². The third kappa shape index (κ3) is 7.93. The highest BCUT2D eigenvalue weighted by molar-refractivity contribution is 6.04. The molecule has 2 aliphatic rings. The van der Waals surface area contributed by atoms with Gasteiger partial charge in [-0.3, -0.25) is 14.4 Å². The fourth-order valence-electron chi connectivity index (χ4n) is 4.33. The van der Waals surface area contributed by atoms with Crippen LogP contribution >= 0.6 is 0 Å². The van der Waals surface area contributed by atoms with Crippen LogP contribution in [-0.4, -0.2) is 65.1 Å². The van der Waals surface area contributed by atoms with Crippen LogP contribution in [0.5, 0.6) is 0 Å². The number of amides is 2. The van der Waals surface area contributed by atoms with E-state index in [9.17, 15) is 19.2 Å². The van der Waals surface area contributed by atoms with Gasteiger partial charge in [0, 0.05) is 12.5 Å². The van der Waals surface area contributed by atoms with Gasteiger partial charge in [-0.1, -0.05) is 35.5 Å². The number of fused-ring (bicyclic) bond motifs is 1. The van der Waals surface area contributed by atoms with Crippen molar-refractivity contribution in [1.29, 1.82) is 0 Å². The van der Waals surface area contributed by atoms with Gasteiger partial charge in [-0.25, -0.2) is 4.79 Å². The smallest absolute Gasteiger partial charge is 0.408 e. The summed E-state index contributed by atoms with van der Waals surface area (Å²) in [6.45, 7) is 11.8. The Balaban J connectivity index is 1.71. The first kappa shape index (κ1) is 28.9. The summed E-state index contributed by atoms with van der Waals surface area (Å²) >= 11 is 0. The van der Waals surface area contributed by atoms with Crippen molar-refractivity contribution in [3.8, 4) is 0 Å². The number of carbonyl (C=O) groups excluding carboxylic acids is 4. The van der Waals surface area contributed by atoms with E-state index in [2.05, 4.69) is 15.8 Å². The summed E-state index contributed by atoms with van der Waals surface area (Å²) in [7, 11) is 0. The fraction of sp³-hybridized carbons (Fsp3) is 0.593. The minimum absolute atomic E-state index is 0.228. The number of nitrogens with one attached hydrogen (secondary N) is 2. The summed E-state index contributed by atoms with van der Waals surface area (Å²) in [5, 5.41) is 9.71. The van der Waals surface area contributed by atoms with Gasteiger partial charge in [-0.05, 0) is 54.0 Å². The zero-order chi connectivity index (χ0) is 28.3. The van der Waals surface area contributed by atoms with Crippen LogP contribution in [0.3, 0.4) is 0 Å². The molecule has 0 aromatic heterocycles. The molecular formula is C27H37N3O8. The minimum Gasteiger partial charge on any atom is -0.460 e. The van der Waals surface area contributed by atoms with E-state index in [4.69, 9.17) is 19.0 Å². The van der Waals surface area contributed by atoms with Gasteiger partial charge in [0.15, 0.2) is 6.10 Å². The number of esters is 2. The third-order valence-corrected chi connectivity index (χ3v) is 5.74. The van der Waals surface area contributed by atoms with Crippen LogP contribution in [0.1, 0.15) is 66.9 Å². The van der Waals surface area contributed by atoms with Gasteiger partial charge >= 0.3 is 18.0 Å². The summed E-state index contributed by atoms with van der Waals surface area (Å²) in [5.74, 6) is -2.32. The number of benzene rings is 1. The fourth-order valence-corrected chi connectivity index (χ4v) is 4.33. The van der Waals surface area contributed by atoms with Crippen LogP contribution in [-0.2, 0) is 33.4 Å². The molecule has 1 heterocycles. The predicted octanol–water partition coefficient (Wildman–Crippen LogP) is 2.85. The van der Waals surface area contributed by atoms with Gasteiger partial charge in [0.05, 0.1) is 11.6 Å². The third-order valence-electron chi connectivity index (χ3n) is 5.74. The van der Waals surface area contributed by atoms with E-state index in [1.165, 1.54) is 0 Å². The standard InChI is InChI=1S/C27H37N3O8/c1-15(28-25(34)37-27(5,6)7)24(33)29-17-13-18(35-19(31)14-20(32)36-26(2,3)4)23-21(17)22(30-38-23)16-11-9-8-10-12-16/h8-12,15,17-18,21,23H,13-14H2,1-7H3,(H,28,34)(H,29,33)/t15-,17-,18+,21-,23-/m0/s1. The van der Waals surface area contributed by atoms with Crippen LogP contribution in [0.4, 0.5) is 4.79 Å². The highest BCUT2D eigenvalue weighted by atomic mass is 16.7. The molecule has 3 rings (SSSR count). The van der Waals surface area contributed by atoms with Crippen molar-refractivity contribution in [1.82, 2.24) is 10.6 Å². The molecular weight excluding hydrogens is 494 g/mol. The van der Waals surface area contributed by atoms with E-state index in [1.807, 2.05) is 30.3 Å². The van der Waals surface area contributed by atoms with E-state index < -0.39 is 71.8 Å². The Labute approximate surface area is 222 Å². The number of rotatable bonds is 7. The summed E-state index contributed by atoms with van der Waals surface area (Å²) in [5.41, 5.74) is -0.0287. The van der Waals surface area contributed by atoms with Gasteiger partial charge in [-0.15, -0.1) is 0 Å². The first-order chi connectivity index (χ1) is 17.6. The van der Waals surface area contributed by atoms with Crippen LogP contribution in [0.15, 0.2) is 35.5 Å². The van der Waals surface area contributed by atoms with Gasteiger partial charge in [-0.2, -0.15) is 0 Å². The van der Waals surface area contributed by atoms with Crippen LogP contribution < -0.4 is 10.6 Å². The first-order valence-electron chi connectivity index (χ1n) is 12.6. The second-order valence-electron chi connectivity index (χ2n) is 11.4. The molecule has 5 atom stereocenters. The summed E-state index contributed by atoms with van der Waals surface area (Å²) in [6, 6.07) is 7.93. The molecule has 1 aromatic carbocycles. The minimum atomic E-state index is -0.892. The number of hydrogen-bond acceptors (Lipinski definition) is 9. The molecule has 0 unspecified atom stereocenters. The molecule has 0 saturated heterocycles. The predicted molar refractivity (Wildman–Crippen MR) is 137 cm³/mol. The van der Waals surface area contributed by atoms with Gasteiger partial charge in [0.25, 0.3) is 0 Å². The topological polar surface area (TPSA) is 142 Å². The summed E-state index contributed by atoms with van der Waals surface area (Å²) in [4.78, 5) is 55.5. The average molecular weight is 532 g/mol. The number of oxime groups is 1. The molecule has 0 radical (unpaired) electrons. The Morgan fingerprint density at radius 1 is 1.00 bits per heavy atom. The van der Waals surface area contributed by atoms with Crippen molar-refractivity contribution >= 4 is 29.7 Å². The molecule has 1 aromatic rings. The molecule has 0 bridgehead atoms. The Hall–Kier alpha value is -3.63. The average Bonchev–Trinajstić information content (AvgIpc) is 3.33. The SMILES string of the molecule is C[C@H](NC(=O)OC(C)(C)C)C(=O)N[C@H]1C[C@@H](OC(=O)CC(=O)OC(C)(C)C)[C@@H]2ON=C(c3ccccc3)[C@@H]21. The van der Waals surface area contributed by atoms with Gasteiger partial charge in [0.2, 0.25) is 5.91 Å². The maximum absolute atomic E-state index is 13.0. The lowest BCUT2D eigenvalue weighted by Gasteiger charge is -2.24. The van der Waals surface area contributed by atoms with Gasteiger partial charge < -0.3 is 29.7 Å².